The number of nitrogens with zero attached hydrogens (tertiary/aromatic N) is 1. The molecule has 2 N–H and O–H groups in total. The van der Waals surface area contributed by atoms with Crippen molar-refractivity contribution < 1.29 is 14.6 Å². The van der Waals surface area contributed by atoms with Gasteiger partial charge in [-0.15, -0.1) is 11.3 Å². The number of nitrogens with one attached hydrogen (secondary N) is 1. The molecule has 94 valence electrons. The van der Waals surface area contributed by atoms with E-state index in [0.717, 1.165) is 21.2 Å². The lowest BCUT2D eigenvalue weighted by Crippen LogP contribution is -2.19. The molecule has 0 saturated heterocycles. The van der Waals surface area contributed by atoms with Crippen LogP contribution in [0, 0.1) is 0 Å². The number of thiazole rings is 1. The number of aromatic nitrogens is 1. The van der Waals surface area contributed by atoms with Crippen molar-refractivity contribution in [3.05, 3.63) is 35.3 Å². The highest BCUT2D eigenvalue weighted by Gasteiger charge is 2.05. The largest absolute Gasteiger partial charge is 0.497 e. The third-order valence-electron chi connectivity index (χ3n) is 2.30. The molecule has 1 heterocycles. The minimum Gasteiger partial charge on any atom is -0.497 e. The van der Waals surface area contributed by atoms with Gasteiger partial charge < -0.3 is 15.2 Å². The number of amides is 1. The summed E-state index contributed by atoms with van der Waals surface area (Å²) in [6.45, 7) is 0.281. The lowest BCUT2D eigenvalue weighted by Gasteiger charge is -2.00. The van der Waals surface area contributed by atoms with Gasteiger partial charge in [-0.3, -0.25) is 0 Å². The summed E-state index contributed by atoms with van der Waals surface area (Å²) in [5.41, 5.74) is 0.988. The third-order valence-corrected chi connectivity index (χ3v) is 3.35. The van der Waals surface area contributed by atoms with Gasteiger partial charge in [0.1, 0.15) is 10.8 Å². The van der Waals surface area contributed by atoms with E-state index in [4.69, 9.17) is 9.84 Å². The monoisotopic (exact) mass is 264 g/mol. The fourth-order valence-electron chi connectivity index (χ4n) is 1.42. The van der Waals surface area contributed by atoms with Crippen molar-refractivity contribution in [1.29, 1.82) is 0 Å². The first-order valence-corrected chi connectivity index (χ1v) is 6.06. The van der Waals surface area contributed by atoms with Crippen molar-refractivity contribution in [2.75, 3.05) is 7.11 Å². The molecule has 0 aliphatic carbocycles. The molecular weight excluding hydrogens is 252 g/mol. The zero-order valence-electron chi connectivity index (χ0n) is 9.71. The highest BCUT2D eigenvalue weighted by atomic mass is 32.1. The van der Waals surface area contributed by atoms with E-state index in [-0.39, 0.29) is 6.54 Å². The van der Waals surface area contributed by atoms with E-state index in [9.17, 15) is 4.79 Å². The van der Waals surface area contributed by atoms with Crippen LogP contribution in [0.25, 0.3) is 10.6 Å². The molecule has 2 aromatic rings. The summed E-state index contributed by atoms with van der Waals surface area (Å²) in [6, 6.07) is 7.58. The van der Waals surface area contributed by atoms with Crippen LogP contribution in [0.15, 0.2) is 30.5 Å². The van der Waals surface area contributed by atoms with Crippen LogP contribution in [0.3, 0.4) is 0 Å². The Morgan fingerprint density at radius 2 is 2.17 bits per heavy atom. The van der Waals surface area contributed by atoms with E-state index in [1.54, 1.807) is 13.3 Å². The Balaban J connectivity index is 2.10. The zero-order chi connectivity index (χ0) is 13.0. The van der Waals surface area contributed by atoms with Crippen LogP contribution < -0.4 is 10.1 Å². The maximum atomic E-state index is 10.4. The normalized spacial score (nSPS) is 10.1. The highest BCUT2D eigenvalue weighted by Crippen LogP contribution is 2.26. The van der Waals surface area contributed by atoms with Crippen LogP contribution in [-0.2, 0) is 6.54 Å². The minimum absolute atomic E-state index is 0.281. The van der Waals surface area contributed by atoms with E-state index >= 15 is 0 Å². The van der Waals surface area contributed by atoms with Gasteiger partial charge in [-0.1, -0.05) is 0 Å². The van der Waals surface area contributed by atoms with Gasteiger partial charge >= 0.3 is 6.09 Å². The SMILES string of the molecule is COc1ccc(-c2ncc(CNC(=O)O)s2)cc1. The van der Waals surface area contributed by atoms with Gasteiger partial charge in [-0.2, -0.15) is 0 Å². The maximum Gasteiger partial charge on any atom is 0.404 e. The first kappa shape index (κ1) is 12.4. The summed E-state index contributed by atoms with van der Waals surface area (Å²) < 4.78 is 5.08. The fourth-order valence-corrected chi connectivity index (χ4v) is 2.28. The van der Waals surface area contributed by atoms with Gasteiger partial charge in [0.15, 0.2) is 0 Å². The van der Waals surface area contributed by atoms with Crippen LogP contribution >= 0.6 is 11.3 Å². The number of hydrogen-bond donors (Lipinski definition) is 2. The van der Waals surface area contributed by atoms with Gasteiger partial charge in [0, 0.05) is 16.6 Å². The Kier molecular flexibility index (Phi) is 3.78. The smallest absolute Gasteiger partial charge is 0.404 e. The molecule has 5 nitrogen and oxygen atoms in total. The summed E-state index contributed by atoms with van der Waals surface area (Å²) in [6.07, 6.45) is 0.648. The van der Waals surface area contributed by atoms with Crippen LogP contribution in [-0.4, -0.2) is 23.3 Å². The van der Waals surface area contributed by atoms with E-state index in [0.29, 0.717) is 0 Å². The summed E-state index contributed by atoms with van der Waals surface area (Å²) in [5, 5.41) is 11.7. The Labute approximate surface area is 108 Å². The van der Waals surface area contributed by atoms with E-state index in [2.05, 4.69) is 10.3 Å². The Morgan fingerprint density at radius 1 is 1.44 bits per heavy atom. The summed E-state index contributed by atoms with van der Waals surface area (Å²) in [7, 11) is 1.62. The molecule has 1 aromatic heterocycles. The quantitative estimate of drug-likeness (QED) is 0.890. The number of carboxylic acid groups (broad SMARTS) is 1. The molecule has 0 radical (unpaired) electrons. The van der Waals surface area contributed by atoms with Crippen LogP contribution in [0.4, 0.5) is 4.79 Å². The molecule has 2 rings (SSSR count). The standard InChI is InChI=1S/C12H12N2O3S/c1-17-9-4-2-8(3-5-9)11-13-6-10(18-11)7-14-12(15)16/h2-6,14H,7H2,1H3,(H,15,16). The Bertz CT molecular complexity index is 537. The topological polar surface area (TPSA) is 71.5 Å². The highest BCUT2D eigenvalue weighted by molar-refractivity contribution is 7.15. The molecule has 0 atom stereocenters. The van der Waals surface area contributed by atoms with E-state index in [1.165, 1.54) is 11.3 Å². The molecule has 0 spiro atoms. The lowest BCUT2D eigenvalue weighted by molar-refractivity contribution is 0.194. The number of carbonyl (C=O) groups is 1. The van der Waals surface area contributed by atoms with Gasteiger partial charge in [-0.25, -0.2) is 9.78 Å². The predicted octanol–water partition coefficient (Wildman–Crippen LogP) is 2.59. The number of rotatable bonds is 4. The zero-order valence-corrected chi connectivity index (χ0v) is 10.5. The second kappa shape index (κ2) is 5.50. The van der Waals surface area contributed by atoms with Gasteiger partial charge in [0.25, 0.3) is 0 Å². The molecule has 1 aromatic carbocycles. The number of hydrogen-bond acceptors (Lipinski definition) is 4. The second-order valence-corrected chi connectivity index (χ2v) is 4.63. The maximum absolute atomic E-state index is 10.4. The van der Waals surface area contributed by atoms with Crippen LogP contribution in [0.2, 0.25) is 0 Å². The first-order valence-electron chi connectivity index (χ1n) is 5.25. The molecule has 1 amide bonds. The van der Waals surface area contributed by atoms with Gasteiger partial charge in [0.2, 0.25) is 0 Å². The summed E-state index contributed by atoms with van der Waals surface area (Å²) in [4.78, 5) is 15.5. The molecule has 0 bridgehead atoms. The summed E-state index contributed by atoms with van der Waals surface area (Å²) in [5.74, 6) is 0.795. The van der Waals surface area contributed by atoms with E-state index < -0.39 is 6.09 Å². The molecule has 18 heavy (non-hydrogen) atoms. The summed E-state index contributed by atoms with van der Waals surface area (Å²) >= 11 is 1.46. The molecule has 0 unspecified atom stereocenters. The van der Waals surface area contributed by atoms with E-state index in [1.807, 2.05) is 24.3 Å². The van der Waals surface area contributed by atoms with Crippen molar-refractivity contribution in [2.24, 2.45) is 0 Å². The molecular formula is C12H12N2O3S. The first-order chi connectivity index (χ1) is 8.69. The van der Waals surface area contributed by atoms with Crippen molar-refractivity contribution in [3.8, 4) is 16.3 Å². The average molecular weight is 264 g/mol. The molecule has 0 aliphatic rings. The molecule has 0 fully saturated rings. The third kappa shape index (κ3) is 2.98. The lowest BCUT2D eigenvalue weighted by atomic mass is 10.2. The number of methoxy groups -OCH3 is 1. The van der Waals surface area contributed by atoms with Crippen molar-refractivity contribution >= 4 is 17.4 Å². The minimum atomic E-state index is -1.03. The molecule has 0 aliphatic heterocycles. The van der Waals surface area contributed by atoms with Crippen molar-refractivity contribution in [2.45, 2.75) is 6.54 Å². The number of ether oxygens (including phenoxy) is 1. The fraction of sp³-hybridized carbons (Fsp3) is 0.167. The van der Waals surface area contributed by atoms with Gasteiger partial charge in [-0.05, 0) is 24.3 Å². The Morgan fingerprint density at radius 3 is 2.78 bits per heavy atom. The Hall–Kier alpha value is -2.08. The van der Waals surface area contributed by atoms with Crippen molar-refractivity contribution in [3.63, 3.8) is 0 Å². The van der Waals surface area contributed by atoms with Crippen molar-refractivity contribution in [1.82, 2.24) is 10.3 Å². The number of benzene rings is 1. The van der Waals surface area contributed by atoms with Crippen LogP contribution in [0.5, 0.6) is 5.75 Å². The predicted molar refractivity (Wildman–Crippen MR) is 69.0 cm³/mol. The van der Waals surface area contributed by atoms with Gasteiger partial charge in [0.05, 0.1) is 13.7 Å². The second-order valence-electron chi connectivity index (χ2n) is 3.52. The average Bonchev–Trinajstić information content (AvgIpc) is 2.85. The molecule has 0 saturated carbocycles. The molecule has 6 heteroatoms. The van der Waals surface area contributed by atoms with Crippen LogP contribution in [0.1, 0.15) is 4.88 Å².